The highest BCUT2D eigenvalue weighted by molar-refractivity contribution is 5.56. The van der Waals surface area contributed by atoms with E-state index in [-0.39, 0.29) is 6.79 Å². The van der Waals surface area contributed by atoms with E-state index >= 15 is 0 Å². The molecule has 15 heavy (non-hydrogen) atoms. The van der Waals surface area contributed by atoms with Crippen LogP contribution < -0.4 is 14.2 Å². The van der Waals surface area contributed by atoms with Crippen molar-refractivity contribution < 1.29 is 19.3 Å². The maximum Gasteiger partial charge on any atom is 0.231 e. The van der Waals surface area contributed by atoms with Crippen molar-refractivity contribution in [3.63, 3.8) is 0 Å². The largest absolute Gasteiger partial charge is 0.493 e. The van der Waals surface area contributed by atoms with Gasteiger partial charge in [-0.2, -0.15) is 0 Å². The minimum Gasteiger partial charge on any atom is -0.493 e. The van der Waals surface area contributed by atoms with Crippen molar-refractivity contribution in [3.05, 3.63) is 17.7 Å². The molecule has 0 aromatic heterocycles. The van der Waals surface area contributed by atoms with Crippen LogP contribution in [0.25, 0.3) is 0 Å². The molecular weight excluding hydrogens is 196 g/mol. The Labute approximate surface area is 87.4 Å². The van der Waals surface area contributed by atoms with E-state index in [1.807, 2.05) is 0 Å². The first-order valence-electron chi connectivity index (χ1n) is 4.38. The van der Waals surface area contributed by atoms with Gasteiger partial charge in [0.05, 0.1) is 7.11 Å². The molecule has 1 aromatic rings. The average Bonchev–Trinajstić information content (AvgIpc) is 2.74. The molecule has 1 aliphatic rings. The Morgan fingerprint density at radius 3 is 3.00 bits per heavy atom. The summed E-state index contributed by atoms with van der Waals surface area (Å²) in [5, 5.41) is 9.49. The lowest BCUT2D eigenvalue weighted by Gasteiger charge is -2.09. The van der Waals surface area contributed by atoms with Crippen LogP contribution in [0.4, 0.5) is 0 Å². The van der Waals surface area contributed by atoms with Gasteiger partial charge in [0, 0.05) is 5.56 Å². The summed E-state index contributed by atoms with van der Waals surface area (Å²) < 4.78 is 15.5. The van der Waals surface area contributed by atoms with Crippen LogP contribution in [0.5, 0.6) is 17.2 Å². The topological polar surface area (TPSA) is 47.9 Å². The van der Waals surface area contributed by atoms with Crippen LogP contribution in [0.15, 0.2) is 12.1 Å². The number of benzene rings is 1. The van der Waals surface area contributed by atoms with Crippen molar-refractivity contribution in [3.8, 4) is 29.6 Å². The van der Waals surface area contributed by atoms with E-state index in [1.54, 1.807) is 12.1 Å². The van der Waals surface area contributed by atoms with Crippen molar-refractivity contribution in [1.29, 1.82) is 0 Å². The second-order valence-corrected chi connectivity index (χ2v) is 3.03. The number of hydrogen-bond donors (Lipinski definition) is 1. The molecular formula is C11H10O4. The van der Waals surface area contributed by atoms with E-state index in [4.69, 9.17) is 20.6 Å². The van der Waals surface area contributed by atoms with E-state index in [2.05, 4.69) is 5.92 Å². The molecule has 78 valence electrons. The lowest BCUT2D eigenvalue weighted by atomic mass is 10.1. The Morgan fingerprint density at radius 2 is 2.33 bits per heavy atom. The average molecular weight is 206 g/mol. The zero-order chi connectivity index (χ0) is 10.8. The summed E-state index contributed by atoms with van der Waals surface area (Å²) in [5.74, 6) is 3.82. The quantitative estimate of drug-likeness (QED) is 0.736. The minimum absolute atomic E-state index is 0.154. The van der Waals surface area contributed by atoms with Crippen LogP contribution >= 0.6 is 0 Å². The first-order valence-corrected chi connectivity index (χ1v) is 4.38. The van der Waals surface area contributed by atoms with Crippen molar-refractivity contribution in [2.24, 2.45) is 0 Å². The number of aliphatic hydroxyl groups is 1. The van der Waals surface area contributed by atoms with Crippen LogP contribution in [0.3, 0.4) is 0 Å². The Balaban J connectivity index is 2.49. The zero-order valence-corrected chi connectivity index (χ0v) is 8.19. The molecule has 2 rings (SSSR count). The smallest absolute Gasteiger partial charge is 0.231 e. The van der Waals surface area contributed by atoms with Crippen molar-refractivity contribution in [2.45, 2.75) is 6.10 Å². The highest BCUT2D eigenvalue weighted by atomic mass is 16.7. The molecule has 0 saturated heterocycles. The second-order valence-electron chi connectivity index (χ2n) is 3.03. The van der Waals surface area contributed by atoms with Crippen molar-refractivity contribution in [1.82, 2.24) is 0 Å². The maximum absolute atomic E-state index is 9.49. The molecule has 0 fully saturated rings. The molecule has 0 bridgehead atoms. The second kappa shape index (κ2) is 3.71. The maximum atomic E-state index is 9.49. The van der Waals surface area contributed by atoms with Crippen molar-refractivity contribution in [2.75, 3.05) is 13.9 Å². The molecule has 0 amide bonds. The third kappa shape index (κ3) is 1.58. The molecule has 4 heteroatoms. The summed E-state index contributed by atoms with van der Waals surface area (Å²) >= 11 is 0. The molecule has 1 aromatic carbocycles. The molecule has 1 unspecified atom stereocenters. The number of rotatable bonds is 2. The number of ether oxygens (including phenoxy) is 3. The van der Waals surface area contributed by atoms with Crippen LogP contribution in [-0.2, 0) is 0 Å². The summed E-state index contributed by atoms with van der Waals surface area (Å²) in [6.07, 6.45) is 4.16. The number of terminal acetylenes is 1. The molecule has 0 radical (unpaired) electrons. The van der Waals surface area contributed by atoms with E-state index in [0.29, 0.717) is 22.8 Å². The van der Waals surface area contributed by atoms with Gasteiger partial charge in [0.1, 0.15) is 6.10 Å². The highest BCUT2D eigenvalue weighted by Gasteiger charge is 2.21. The Bertz CT molecular complexity index is 419. The Hall–Kier alpha value is -1.86. The summed E-state index contributed by atoms with van der Waals surface area (Å²) in [6.45, 7) is 0.154. The van der Waals surface area contributed by atoms with E-state index in [0.717, 1.165) is 0 Å². The number of aliphatic hydroxyl groups excluding tert-OH is 1. The first kappa shape index (κ1) is 9.69. The summed E-state index contributed by atoms with van der Waals surface area (Å²) in [5.41, 5.74) is 0.554. The molecule has 0 spiro atoms. The molecule has 4 nitrogen and oxygen atoms in total. The fraction of sp³-hybridized carbons (Fsp3) is 0.273. The predicted octanol–water partition coefficient (Wildman–Crippen LogP) is 1.09. The summed E-state index contributed by atoms with van der Waals surface area (Å²) in [7, 11) is 1.52. The summed E-state index contributed by atoms with van der Waals surface area (Å²) in [4.78, 5) is 0. The fourth-order valence-corrected chi connectivity index (χ4v) is 1.40. The van der Waals surface area contributed by atoms with E-state index < -0.39 is 6.10 Å². The number of fused-ring (bicyclic) bond motifs is 1. The Morgan fingerprint density at radius 1 is 1.53 bits per heavy atom. The van der Waals surface area contributed by atoms with Gasteiger partial charge >= 0.3 is 0 Å². The van der Waals surface area contributed by atoms with Crippen LogP contribution in [-0.4, -0.2) is 19.0 Å². The van der Waals surface area contributed by atoms with Gasteiger partial charge in [0.15, 0.2) is 11.5 Å². The lowest BCUT2D eigenvalue weighted by molar-refractivity contribution is 0.171. The van der Waals surface area contributed by atoms with Gasteiger partial charge in [-0.15, -0.1) is 6.42 Å². The van der Waals surface area contributed by atoms with Gasteiger partial charge in [-0.3, -0.25) is 0 Å². The minimum atomic E-state index is -0.964. The third-order valence-electron chi connectivity index (χ3n) is 2.15. The molecule has 1 N–H and O–H groups in total. The Kier molecular flexibility index (Phi) is 2.40. The van der Waals surface area contributed by atoms with Gasteiger partial charge in [0.25, 0.3) is 0 Å². The van der Waals surface area contributed by atoms with Gasteiger partial charge in [-0.1, -0.05) is 5.92 Å². The van der Waals surface area contributed by atoms with Gasteiger partial charge in [-0.25, -0.2) is 0 Å². The van der Waals surface area contributed by atoms with Crippen LogP contribution in [0.2, 0.25) is 0 Å². The SMILES string of the molecule is C#CC(O)c1cc(OC)c2c(c1)OCO2. The molecule has 0 saturated carbocycles. The number of hydrogen-bond acceptors (Lipinski definition) is 4. The molecule has 0 aliphatic carbocycles. The van der Waals surface area contributed by atoms with Gasteiger partial charge in [-0.05, 0) is 12.1 Å². The fourth-order valence-electron chi connectivity index (χ4n) is 1.40. The molecule has 1 aliphatic heterocycles. The highest BCUT2D eigenvalue weighted by Crippen LogP contribution is 2.42. The molecule has 1 heterocycles. The lowest BCUT2D eigenvalue weighted by Crippen LogP contribution is -1.95. The standard InChI is InChI=1S/C11H10O4/c1-3-8(12)7-4-9(13-2)11-10(5-7)14-6-15-11/h1,4-5,8,12H,6H2,2H3. The zero-order valence-electron chi connectivity index (χ0n) is 8.19. The van der Waals surface area contributed by atoms with Gasteiger partial charge < -0.3 is 19.3 Å². The number of methoxy groups -OCH3 is 1. The molecule has 1 atom stereocenters. The monoisotopic (exact) mass is 206 g/mol. The van der Waals surface area contributed by atoms with Crippen LogP contribution in [0, 0.1) is 12.3 Å². The first-order chi connectivity index (χ1) is 7.26. The predicted molar refractivity (Wildman–Crippen MR) is 52.9 cm³/mol. The third-order valence-corrected chi connectivity index (χ3v) is 2.15. The van der Waals surface area contributed by atoms with Crippen molar-refractivity contribution >= 4 is 0 Å². The van der Waals surface area contributed by atoms with E-state index in [1.165, 1.54) is 7.11 Å². The van der Waals surface area contributed by atoms with E-state index in [9.17, 15) is 5.11 Å². The normalized spacial score (nSPS) is 14.5. The summed E-state index contributed by atoms with van der Waals surface area (Å²) in [6, 6.07) is 3.29. The van der Waals surface area contributed by atoms with Crippen LogP contribution in [0.1, 0.15) is 11.7 Å². The van der Waals surface area contributed by atoms with Gasteiger partial charge in [0.2, 0.25) is 12.5 Å².